The fraction of sp³-hybridized carbons (Fsp3) is 0.316. The molecule has 1 fully saturated rings. The van der Waals surface area contributed by atoms with Gasteiger partial charge in [0, 0.05) is 44.3 Å². The number of hydrogen-bond donors (Lipinski definition) is 1. The Morgan fingerprint density at radius 2 is 1.82 bits per heavy atom. The number of nitrogens with zero attached hydrogens (tertiary/aromatic N) is 7. The molecule has 9 nitrogen and oxygen atoms in total. The van der Waals surface area contributed by atoms with E-state index in [1.165, 1.54) is 17.1 Å². The molecule has 1 N–H and O–H groups in total. The molecule has 1 aromatic carbocycles. The minimum Gasteiger partial charge on any atom is -0.395 e. The van der Waals surface area contributed by atoms with Crippen molar-refractivity contribution in [3.63, 3.8) is 0 Å². The van der Waals surface area contributed by atoms with Crippen LogP contribution in [0.2, 0.25) is 0 Å². The predicted molar refractivity (Wildman–Crippen MR) is 104 cm³/mol. The largest absolute Gasteiger partial charge is 0.395 e. The van der Waals surface area contributed by atoms with E-state index in [4.69, 9.17) is 5.11 Å². The van der Waals surface area contributed by atoms with Gasteiger partial charge in [0.15, 0.2) is 11.5 Å². The number of anilines is 2. The molecule has 0 aliphatic carbocycles. The highest BCUT2D eigenvalue weighted by Crippen LogP contribution is 2.22. The third-order valence-electron chi connectivity index (χ3n) is 4.88. The first-order chi connectivity index (χ1) is 13.7. The molecule has 142 valence electrons. The molecule has 0 radical (unpaired) electrons. The average molecular weight is 377 g/mol. The van der Waals surface area contributed by atoms with Gasteiger partial charge in [-0.15, -0.1) is 0 Å². The Morgan fingerprint density at radius 3 is 2.57 bits per heavy atom. The zero-order valence-electron chi connectivity index (χ0n) is 15.2. The summed E-state index contributed by atoms with van der Waals surface area (Å²) in [7, 11) is 0. The van der Waals surface area contributed by atoms with Gasteiger partial charge in [0.2, 0.25) is 0 Å². The average Bonchev–Trinajstić information content (AvgIpc) is 2.75. The summed E-state index contributed by atoms with van der Waals surface area (Å²) in [5.74, 6) is 0.620. The molecule has 0 atom stereocenters. The Morgan fingerprint density at radius 1 is 1.07 bits per heavy atom. The number of benzene rings is 1. The minimum atomic E-state index is -0.151. The molecular formula is C19H19N7O2. The van der Waals surface area contributed by atoms with Gasteiger partial charge in [-0.25, -0.2) is 15.0 Å². The van der Waals surface area contributed by atoms with Crippen LogP contribution in [0.1, 0.15) is 5.69 Å². The molecule has 9 heteroatoms. The summed E-state index contributed by atoms with van der Waals surface area (Å²) in [4.78, 5) is 29.4. The molecule has 3 heterocycles. The summed E-state index contributed by atoms with van der Waals surface area (Å²) >= 11 is 0. The zero-order valence-corrected chi connectivity index (χ0v) is 15.2. The number of piperazine rings is 1. The van der Waals surface area contributed by atoms with Crippen LogP contribution in [0, 0.1) is 11.3 Å². The molecule has 1 aliphatic heterocycles. The van der Waals surface area contributed by atoms with Crippen LogP contribution in [-0.4, -0.2) is 57.4 Å². The first kappa shape index (κ1) is 17.9. The second-order valence-electron chi connectivity index (χ2n) is 6.48. The van der Waals surface area contributed by atoms with Crippen molar-refractivity contribution in [1.82, 2.24) is 19.5 Å². The summed E-state index contributed by atoms with van der Waals surface area (Å²) in [5, 5.41) is 18.8. The van der Waals surface area contributed by atoms with E-state index in [1.807, 2.05) is 12.1 Å². The third kappa shape index (κ3) is 3.25. The van der Waals surface area contributed by atoms with Gasteiger partial charge in [-0.3, -0.25) is 9.36 Å². The van der Waals surface area contributed by atoms with Gasteiger partial charge < -0.3 is 14.9 Å². The molecule has 28 heavy (non-hydrogen) atoms. The highest BCUT2D eigenvalue weighted by atomic mass is 16.3. The number of aromatic nitrogens is 4. The lowest BCUT2D eigenvalue weighted by Gasteiger charge is -2.36. The third-order valence-corrected chi connectivity index (χ3v) is 4.88. The Bertz CT molecular complexity index is 1100. The molecule has 1 saturated heterocycles. The van der Waals surface area contributed by atoms with Crippen LogP contribution in [0.3, 0.4) is 0 Å². The van der Waals surface area contributed by atoms with Crippen LogP contribution in [0.25, 0.3) is 10.9 Å². The number of rotatable bonds is 4. The molecule has 0 amide bonds. The van der Waals surface area contributed by atoms with Crippen molar-refractivity contribution in [1.29, 1.82) is 5.26 Å². The van der Waals surface area contributed by atoms with Gasteiger partial charge in [-0.2, -0.15) is 5.26 Å². The van der Waals surface area contributed by atoms with Crippen molar-refractivity contribution >= 4 is 22.4 Å². The Balaban J connectivity index is 1.53. The van der Waals surface area contributed by atoms with Crippen LogP contribution >= 0.6 is 0 Å². The number of nitriles is 1. The van der Waals surface area contributed by atoms with Gasteiger partial charge in [-0.05, 0) is 18.2 Å². The Kier molecular flexibility index (Phi) is 4.87. The number of hydrogen-bond acceptors (Lipinski definition) is 8. The summed E-state index contributed by atoms with van der Waals surface area (Å²) in [5.41, 5.74) is 1.82. The van der Waals surface area contributed by atoms with Gasteiger partial charge in [-0.1, -0.05) is 0 Å². The molecule has 0 saturated carbocycles. The smallest absolute Gasteiger partial charge is 0.261 e. The van der Waals surface area contributed by atoms with E-state index in [-0.39, 0.29) is 18.7 Å². The molecule has 0 spiro atoms. The Hall–Kier alpha value is -3.51. The molecule has 1 aliphatic rings. The standard InChI is InChI=1S/C19H19N7O2/c20-12-17-18(22-4-3-21-17)25-7-5-24(6-8-25)14-1-2-15-16(11-14)23-13-26(9-10-27)19(15)28/h1-4,11,13,27H,5-10H2. The molecule has 3 aromatic rings. The maximum atomic E-state index is 12.4. The van der Waals surface area contributed by atoms with E-state index < -0.39 is 0 Å². The van der Waals surface area contributed by atoms with Crippen LogP contribution in [0.15, 0.2) is 41.7 Å². The van der Waals surface area contributed by atoms with Crippen molar-refractivity contribution in [3.05, 3.63) is 53.0 Å². The quantitative estimate of drug-likeness (QED) is 0.694. The second kappa shape index (κ2) is 7.62. The topological polar surface area (TPSA) is 111 Å². The lowest BCUT2D eigenvalue weighted by Crippen LogP contribution is -2.47. The number of fused-ring (bicyclic) bond motifs is 1. The van der Waals surface area contributed by atoms with Crippen molar-refractivity contribution < 1.29 is 5.11 Å². The molecule has 4 rings (SSSR count). The van der Waals surface area contributed by atoms with E-state index in [0.717, 1.165) is 31.9 Å². The summed E-state index contributed by atoms with van der Waals surface area (Å²) in [6.45, 7) is 3.09. The predicted octanol–water partition coefficient (Wildman–Crippen LogP) is 0.377. The molecule has 2 aromatic heterocycles. The van der Waals surface area contributed by atoms with Crippen molar-refractivity contribution in [2.75, 3.05) is 42.6 Å². The maximum absolute atomic E-state index is 12.4. The molecule has 0 bridgehead atoms. The summed E-state index contributed by atoms with van der Waals surface area (Å²) < 4.78 is 1.41. The van der Waals surface area contributed by atoms with Crippen LogP contribution < -0.4 is 15.4 Å². The highest BCUT2D eigenvalue weighted by molar-refractivity contribution is 5.81. The monoisotopic (exact) mass is 377 g/mol. The second-order valence-corrected chi connectivity index (χ2v) is 6.48. The van der Waals surface area contributed by atoms with Crippen LogP contribution in [-0.2, 0) is 6.54 Å². The Labute approximate surface area is 161 Å². The fourth-order valence-corrected chi connectivity index (χ4v) is 3.43. The maximum Gasteiger partial charge on any atom is 0.261 e. The van der Waals surface area contributed by atoms with Gasteiger partial charge >= 0.3 is 0 Å². The zero-order chi connectivity index (χ0) is 19.5. The normalized spacial score (nSPS) is 14.3. The lowest BCUT2D eigenvalue weighted by atomic mass is 10.2. The summed E-state index contributed by atoms with van der Waals surface area (Å²) in [6.07, 6.45) is 4.59. The van der Waals surface area contributed by atoms with Gasteiger partial charge in [0.25, 0.3) is 5.56 Å². The number of aliphatic hydroxyl groups excluding tert-OH is 1. The van der Waals surface area contributed by atoms with E-state index in [1.54, 1.807) is 12.3 Å². The SMILES string of the molecule is N#Cc1nccnc1N1CCN(c2ccc3c(=O)n(CCO)cnc3c2)CC1. The number of aliphatic hydroxyl groups is 1. The van der Waals surface area contributed by atoms with E-state index in [9.17, 15) is 10.1 Å². The van der Waals surface area contributed by atoms with Crippen molar-refractivity contribution in [2.24, 2.45) is 0 Å². The fourth-order valence-electron chi connectivity index (χ4n) is 3.43. The molecular weight excluding hydrogens is 358 g/mol. The van der Waals surface area contributed by atoms with E-state index in [0.29, 0.717) is 22.4 Å². The lowest BCUT2D eigenvalue weighted by molar-refractivity contribution is 0.274. The molecule has 0 unspecified atom stereocenters. The first-order valence-corrected chi connectivity index (χ1v) is 9.02. The van der Waals surface area contributed by atoms with Crippen molar-refractivity contribution in [2.45, 2.75) is 6.54 Å². The minimum absolute atomic E-state index is 0.102. The summed E-state index contributed by atoms with van der Waals surface area (Å²) in [6, 6.07) is 7.72. The van der Waals surface area contributed by atoms with Crippen LogP contribution in [0.5, 0.6) is 0 Å². The van der Waals surface area contributed by atoms with Gasteiger partial charge in [0.05, 0.1) is 30.4 Å². The van der Waals surface area contributed by atoms with Crippen molar-refractivity contribution in [3.8, 4) is 6.07 Å². The van der Waals surface area contributed by atoms with E-state index >= 15 is 0 Å². The highest BCUT2D eigenvalue weighted by Gasteiger charge is 2.21. The first-order valence-electron chi connectivity index (χ1n) is 9.02. The van der Waals surface area contributed by atoms with E-state index in [2.05, 4.69) is 30.8 Å². The van der Waals surface area contributed by atoms with Crippen LogP contribution in [0.4, 0.5) is 11.5 Å². The van der Waals surface area contributed by atoms with Gasteiger partial charge in [0.1, 0.15) is 6.07 Å².